The number of thiocarbonyl (C=S) groups is 1. The summed E-state index contributed by atoms with van der Waals surface area (Å²) in [6.45, 7) is 0. The van der Waals surface area contributed by atoms with Gasteiger partial charge in [-0.05, 0) is 24.4 Å². The molecule has 0 amide bonds. The second-order valence-corrected chi connectivity index (χ2v) is 3.89. The van der Waals surface area contributed by atoms with Crippen LogP contribution in [0.1, 0.15) is 0 Å². The van der Waals surface area contributed by atoms with Crippen LogP contribution >= 0.6 is 35.5 Å². The minimum atomic E-state index is 0.175. The van der Waals surface area contributed by atoms with E-state index in [0.717, 1.165) is 17.2 Å². The molecule has 7 heteroatoms. The molecular weight excluding hydrogens is 240 g/mol. The Morgan fingerprint density at radius 3 is 3.00 bits per heavy atom. The zero-order valence-electron chi connectivity index (χ0n) is 6.82. The summed E-state index contributed by atoms with van der Waals surface area (Å²) >= 11 is 11.9. The zero-order valence-corrected chi connectivity index (χ0v) is 9.21. The number of rotatable bonds is 1. The maximum absolute atomic E-state index is 6.05. The summed E-state index contributed by atoms with van der Waals surface area (Å²) in [5.74, 6) is 0. The Bertz CT molecular complexity index is 495. The minimum absolute atomic E-state index is 0.175. The van der Waals surface area contributed by atoms with Gasteiger partial charge in [0.2, 0.25) is 0 Å². The van der Waals surface area contributed by atoms with Crippen molar-refractivity contribution in [3.8, 4) is 0 Å². The van der Waals surface area contributed by atoms with Gasteiger partial charge in [0.05, 0.1) is 22.4 Å². The molecule has 3 N–H and O–H groups in total. The fraction of sp³-hybridized carbons (Fsp3) is 0. The third-order valence-corrected chi connectivity index (χ3v) is 2.65. The highest BCUT2D eigenvalue weighted by molar-refractivity contribution is 7.80. The van der Waals surface area contributed by atoms with Crippen molar-refractivity contribution in [3.63, 3.8) is 0 Å². The zero-order chi connectivity index (χ0) is 10.1. The quantitative estimate of drug-likeness (QED) is 0.752. The number of hydrogen-bond acceptors (Lipinski definition) is 4. The Hall–Kier alpha value is -0.980. The first kappa shape index (κ1) is 9.57. The van der Waals surface area contributed by atoms with E-state index in [9.17, 15) is 0 Å². The maximum atomic E-state index is 6.05. The normalized spacial score (nSPS) is 10.4. The van der Waals surface area contributed by atoms with Crippen LogP contribution in [0.5, 0.6) is 0 Å². The first-order valence-electron chi connectivity index (χ1n) is 3.65. The number of hydrogen-bond donors (Lipinski definition) is 2. The van der Waals surface area contributed by atoms with E-state index in [1.165, 1.54) is 0 Å². The number of nitrogens with zero attached hydrogens (tertiary/aromatic N) is 2. The SMILES string of the molecule is NC(=S)Nc1ccc2nsnc2c1Cl. The van der Waals surface area contributed by atoms with E-state index in [1.807, 2.05) is 6.07 Å². The molecule has 0 spiro atoms. The number of aromatic nitrogens is 2. The molecule has 0 bridgehead atoms. The van der Waals surface area contributed by atoms with Gasteiger partial charge < -0.3 is 11.1 Å². The summed E-state index contributed by atoms with van der Waals surface area (Å²) in [4.78, 5) is 0. The van der Waals surface area contributed by atoms with E-state index in [0.29, 0.717) is 16.2 Å². The molecule has 4 nitrogen and oxygen atoms in total. The molecule has 0 saturated heterocycles. The average molecular weight is 245 g/mol. The fourth-order valence-electron chi connectivity index (χ4n) is 1.05. The molecule has 0 unspecified atom stereocenters. The van der Waals surface area contributed by atoms with Gasteiger partial charge in [0, 0.05) is 0 Å². The molecule has 0 radical (unpaired) electrons. The number of benzene rings is 1. The van der Waals surface area contributed by atoms with Crippen molar-refractivity contribution >= 4 is 57.4 Å². The molecule has 72 valence electrons. The van der Waals surface area contributed by atoms with Gasteiger partial charge in [-0.25, -0.2) is 0 Å². The van der Waals surface area contributed by atoms with Crippen LogP contribution in [0.25, 0.3) is 11.0 Å². The smallest absolute Gasteiger partial charge is 0.168 e. The van der Waals surface area contributed by atoms with E-state index in [4.69, 9.17) is 29.6 Å². The standard InChI is InChI=1S/C7H5ClN4S2/c8-5-3(10-7(9)13)1-2-4-6(5)12-14-11-4/h1-2H,(H3,9,10,13). The van der Waals surface area contributed by atoms with Crippen molar-refractivity contribution in [1.82, 2.24) is 8.75 Å². The number of halogens is 1. The molecule has 0 aliphatic heterocycles. The van der Waals surface area contributed by atoms with Gasteiger partial charge in [-0.15, -0.1) is 0 Å². The molecule has 2 aromatic rings. The molecule has 0 atom stereocenters. The van der Waals surface area contributed by atoms with E-state index in [2.05, 4.69) is 14.1 Å². The lowest BCUT2D eigenvalue weighted by Crippen LogP contribution is -2.19. The van der Waals surface area contributed by atoms with Gasteiger partial charge in [0.15, 0.2) is 5.11 Å². The Morgan fingerprint density at radius 2 is 2.29 bits per heavy atom. The monoisotopic (exact) mass is 244 g/mol. The van der Waals surface area contributed by atoms with E-state index in [1.54, 1.807) is 6.07 Å². The molecule has 1 heterocycles. The summed E-state index contributed by atoms with van der Waals surface area (Å²) < 4.78 is 8.11. The maximum Gasteiger partial charge on any atom is 0.168 e. The van der Waals surface area contributed by atoms with Crippen molar-refractivity contribution < 1.29 is 0 Å². The average Bonchev–Trinajstić information content (AvgIpc) is 2.57. The topological polar surface area (TPSA) is 63.8 Å². The van der Waals surface area contributed by atoms with Gasteiger partial charge in [-0.2, -0.15) is 8.75 Å². The molecule has 0 saturated carbocycles. The predicted octanol–water partition coefficient (Wildman–Crippen LogP) is 2.00. The highest BCUT2D eigenvalue weighted by Crippen LogP contribution is 2.29. The van der Waals surface area contributed by atoms with E-state index in [-0.39, 0.29) is 5.11 Å². The molecule has 1 aromatic carbocycles. The highest BCUT2D eigenvalue weighted by Gasteiger charge is 2.08. The highest BCUT2D eigenvalue weighted by atomic mass is 35.5. The van der Waals surface area contributed by atoms with Crippen LogP contribution in [0.15, 0.2) is 12.1 Å². The third kappa shape index (κ3) is 1.63. The van der Waals surface area contributed by atoms with Crippen molar-refractivity contribution in [1.29, 1.82) is 0 Å². The summed E-state index contributed by atoms with van der Waals surface area (Å²) in [6, 6.07) is 3.58. The first-order chi connectivity index (χ1) is 6.68. The van der Waals surface area contributed by atoms with Crippen LogP contribution in [-0.4, -0.2) is 13.9 Å². The van der Waals surface area contributed by atoms with E-state index >= 15 is 0 Å². The van der Waals surface area contributed by atoms with Gasteiger partial charge in [0.1, 0.15) is 11.0 Å². The first-order valence-corrected chi connectivity index (χ1v) is 5.17. The van der Waals surface area contributed by atoms with Crippen LogP contribution in [0.2, 0.25) is 5.02 Å². The Morgan fingerprint density at radius 1 is 1.50 bits per heavy atom. The molecular formula is C7H5ClN4S2. The Balaban J connectivity index is 2.56. The lowest BCUT2D eigenvalue weighted by Gasteiger charge is -2.05. The summed E-state index contributed by atoms with van der Waals surface area (Å²) in [5, 5.41) is 3.43. The minimum Gasteiger partial charge on any atom is -0.376 e. The molecule has 0 fully saturated rings. The van der Waals surface area contributed by atoms with Crippen LogP contribution in [-0.2, 0) is 0 Å². The van der Waals surface area contributed by atoms with Crippen LogP contribution < -0.4 is 11.1 Å². The molecule has 14 heavy (non-hydrogen) atoms. The second kappa shape index (κ2) is 3.64. The molecule has 0 aliphatic rings. The fourth-order valence-corrected chi connectivity index (χ4v) is 2.00. The number of anilines is 1. The Labute approximate surface area is 94.4 Å². The van der Waals surface area contributed by atoms with Crippen molar-refractivity contribution in [3.05, 3.63) is 17.2 Å². The Kier molecular flexibility index (Phi) is 2.49. The summed E-state index contributed by atoms with van der Waals surface area (Å²) in [5.41, 5.74) is 7.43. The number of fused-ring (bicyclic) bond motifs is 1. The lowest BCUT2D eigenvalue weighted by molar-refractivity contribution is 1.59. The summed E-state index contributed by atoms with van der Waals surface area (Å²) in [6.07, 6.45) is 0. The number of nitrogens with two attached hydrogens (primary N) is 1. The van der Waals surface area contributed by atoms with Gasteiger partial charge in [-0.3, -0.25) is 0 Å². The van der Waals surface area contributed by atoms with Crippen molar-refractivity contribution in [2.75, 3.05) is 5.32 Å². The molecule has 1 aromatic heterocycles. The second-order valence-electron chi connectivity index (χ2n) is 2.55. The van der Waals surface area contributed by atoms with E-state index < -0.39 is 0 Å². The molecule has 0 aliphatic carbocycles. The van der Waals surface area contributed by atoms with Gasteiger partial charge in [-0.1, -0.05) is 11.6 Å². The van der Waals surface area contributed by atoms with Crippen LogP contribution in [0.3, 0.4) is 0 Å². The largest absolute Gasteiger partial charge is 0.376 e. The van der Waals surface area contributed by atoms with Crippen molar-refractivity contribution in [2.45, 2.75) is 0 Å². The van der Waals surface area contributed by atoms with Crippen molar-refractivity contribution in [2.24, 2.45) is 5.73 Å². The van der Waals surface area contributed by atoms with Crippen LogP contribution in [0.4, 0.5) is 5.69 Å². The van der Waals surface area contributed by atoms with Gasteiger partial charge >= 0.3 is 0 Å². The third-order valence-electron chi connectivity index (χ3n) is 1.62. The number of nitrogens with one attached hydrogen (secondary N) is 1. The predicted molar refractivity (Wildman–Crippen MR) is 62.8 cm³/mol. The van der Waals surface area contributed by atoms with Crippen LogP contribution in [0, 0.1) is 0 Å². The van der Waals surface area contributed by atoms with Gasteiger partial charge in [0.25, 0.3) is 0 Å². The summed E-state index contributed by atoms with van der Waals surface area (Å²) in [7, 11) is 0. The molecule has 2 rings (SSSR count). The lowest BCUT2D eigenvalue weighted by atomic mass is 10.3.